The maximum Gasteiger partial charge on any atom is 0.322 e. The third-order valence-electron chi connectivity index (χ3n) is 3.95. The number of carbonyl (C=O) groups excluding carboxylic acids is 1. The van der Waals surface area contributed by atoms with Crippen molar-refractivity contribution in [2.75, 3.05) is 21.3 Å². The summed E-state index contributed by atoms with van der Waals surface area (Å²) in [7, 11) is 4.46. The molecular formula is C19H23NO5. The van der Waals surface area contributed by atoms with Crippen LogP contribution in [0.5, 0.6) is 11.5 Å². The topological polar surface area (TPSA) is 91.0 Å². The summed E-state index contributed by atoms with van der Waals surface area (Å²) >= 11 is 0. The zero-order valence-corrected chi connectivity index (χ0v) is 14.6. The van der Waals surface area contributed by atoms with Gasteiger partial charge in [0.05, 0.1) is 33.5 Å². The fraction of sp³-hybridized carbons (Fsp3) is 0.316. The zero-order chi connectivity index (χ0) is 18.4. The Morgan fingerprint density at radius 1 is 1.04 bits per heavy atom. The Morgan fingerprint density at radius 2 is 1.60 bits per heavy atom. The van der Waals surface area contributed by atoms with Gasteiger partial charge in [0.25, 0.3) is 0 Å². The van der Waals surface area contributed by atoms with Crippen LogP contribution in [0.2, 0.25) is 0 Å². The van der Waals surface area contributed by atoms with Gasteiger partial charge >= 0.3 is 5.97 Å². The molecule has 2 rings (SSSR count). The van der Waals surface area contributed by atoms with Crippen molar-refractivity contribution in [3.05, 3.63) is 47.5 Å². The van der Waals surface area contributed by atoms with Gasteiger partial charge in [-0.1, -0.05) is 24.3 Å². The lowest BCUT2D eigenvalue weighted by Gasteiger charge is -2.16. The van der Waals surface area contributed by atoms with Crippen molar-refractivity contribution in [2.24, 2.45) is 5.73 Å². The van der Waals surface area contributed by atoms with Gasteiger partial charge in [0, 0.05) is 0 Å². The van der Waals surface area contributed by atoms with Crippen LogP contribution in [-0.4, -0.2) is 38.4 Å². The van der Waals surface area contributed by atoms with Gasteiger partial charge in [0.1, 0.15) is 17.5 Å². The number of benzene rings is 2. The molecular weight excluding hydrogens is 322 g/mol. The van der Waals surface area contributed by atoms with Gasteiger partial charge in [-0.15, -0.1) is 0 Å². The molecule has 0 saturated heterocycles. The van der Waals surface area contributed by atoms with Crippen LogP contribution in [0.25, 0.3) is 11.1 Å². The van der Waals surface area contributed by atoms with E-state index in [1.807, 2.05) is 24.3 Å². The van der Waals surface area contributed by atoms with Crippen molar-refractivity contribution < 1.29 is 24.1 Å². The Labute approximate surface area is 147 Å². The molecule has 0 aromatic heterocycles. The van der Waals surface area contributed by atoms with E-state index in [1.54, 1.807) is 26.4 Å². The summed E-state index contributed by atoms with van der Waals surface area (Å²) in [5.74, 6) is 0.789. The van der Waals surface area contributed by atoms with E-state index >= 15 is 0 Å². The number of methoxy groups -OCH3 is 3. The van der Waals surface area contributed by atoms with Gasteiger partial charge in [-0.25, -0.2) is 0 Å². The van der Waals surface area contributed by atoms with E-state index in [2.05, 4.69) is 4.74 Å². The van der Waals surface area contributed by atoms with Crippen molar-refractivity contribution in [1.82, 2.24) is 0 Å². The van der Waals surface area contributed by atoms with Crippen LogP contribution >= 0.6 is 0 Å². The largest absolute Gasteiger partial charge is 0.496 e. The van der Waals surface area contributed by atoms with Crippen molar-refractivity contribution in [3.8, 4) is 22.6 Å². The van der Waals surface area contributed by atoms with Crippen molar-refractivity contribution in [3.63, 3.8) is 0 Å². The van der Waals surface area contributed by atoms with E-state index in [9.17, 15) is 9.90 Å². The molecule has 0 amide bonds. The first-order valence-corrected chi connectivity index (χ1v) is 7.82. The van der Waals surface area contributed by atoms with Crippen LogP contribution in [0.1, 0.15) is 11.1 Å². The number of carbonyl (C=O) groups is 1. The first-order chi connectivity index (χ1) is 12.0. The minimum absolute atomic E-state index is 0.0998. The smallest absolute Gasteiger partial charge is 0.322 e. The summed E-state index contributed by atoms with van der Waals surface area (Å²) in [5.41, 5.74) is 9.12. The quantitative estimate of drug-likeness (QED) is 0.745. The van der Waals surface area contributed by atoms with E-state index in [0.717, 1.165) is 16.7 Å². The van der Waals surface area contributed by atoms with Gasteiger partial charge in [-0.05, 0) is 35.2 Å². The van der Waals surface area contributed by atoms with Crippen molar-refractivity contribution >= 4 is 5.97 Å². The summed E-state index contributed by atoms with van der Waals surface area (Å²) in [4.78, 5) is 11.4. The van der Waals surface area contributed by atoms with E-state index in [1.165, 1.54) is 7.11 Å². The molecule has 0 spiro atoms. The number of esters is 1. The van der Waals surface area contributed by atoms with Crippen molar-refractivity contribution in [1.29, 1.82) is 0 Å². The third kappa shape index (κ3) is 4.29. The fourth-order valence-corrected chi connectivity index (χ4v) is 2.64. The number of aliphatic hydroxyl groups excluding tert-OH is 1. The summed E-state index contributed by atoms with van der Waals surface area (Å²) in [5, 5.41) is 9.36. The SMILES string of the molecule is COC(=O)[C@@H](N)Cc1ccc(-c2c(OC)cc(CO)cc2OC)cc1. The number of nitrogens with two attached hydrogens (primary N) is 1. The second-order valence-corrected chi connectivity index (χ2v) is 5.56. The number of rotatable bonds is 7. The Balaban J connectivity index is 2.35. The number of ether oxygens (including phenoxy) is 3. The summed E-state index contributed by atoms with van der Waals surface area (Å²) in [6.45, 7) is -0.0998. The van der Waals surface area contributed by atoms with Gasteiger partial charge in [0.2, 0.25) is 0 Å². The fourth-order valence-electron chi connectivity index (χ4n) is 2.64. The maximum atomic E-state index is 11.4. The van der Waals surface area contributed by atoms with Crippen LogP contribution in [0.15, 0.2) is 36.4 Å². The molecule has 3 N–H and O–H groups in total. The molecule has 6 nitrogen and oxygen atoms in total. The maximum absolute atomic E-state index is 11.4. The molecule has 134 valence electrons. The predicted octanol–water partition coefficient (Wildman–Crippen LogP) is 1.91. The molecule has 2 aromatic rings. The Bertz CT molecular complexity index is 702. The average molecular weight is 345 g/mol. The van der Waals surface area contributed by atoms with Gasteiger partial charge < -0.3 is 25.1 Å². The monoisotopic (exact) mass is 345 g/mol. The molecule has 1 atom stereocenters. The van der Waals surface area contributed by atoms with E-state index in [0.29, 0.717) is 23.5 Å². The Morgan fingerprint density at radius 3 is 2.04 bits per heavy atom. The normalized spacial score (nSPS) is 11.7. The molecule has 0 aliphatic rings. The predicted molar refractivity (Wildman–Crippen MR) is 94.6 cm³/mol. The first kappa shape index (κ1) is 18.8. The molecule has 0 radical (unpaired) electrons. The highest BCUT2D eigenvalue weighted by atomic mass is 16.5. The lowest BCUT2D eigenvalue weighted by molar-refractivity contribution is -0.142. The zero-order valence-electron chi connectivity index (χ0n) is 14.6. The third-order valence-corrected chi connectivity index (χ3v) is 3.95. The number of hydrogen-bond donors (Lipinski definition) is 2. The van der Waals surface area contributed by atoms with Crippen LogP contribution in [0, 0.1) is 0 Å². The summed E-state index contributed by atoms with van der Waals surface area (Å²) in [6.07, 6.45) is 0.394. The summed E-state index contributed by atoms with van der Waals surface area (Å²) in [6, 6.07) is 10.5. The van der Waals surface area contributed by atoms with Crippen LogP contribution in [0.3, 0.4) is 0 Å². The average Bonchev–Trinajstić information content (AvgIpc) is 2.66. The molecule has 0 unspecified atom stereocenters. The Kier molecular flexibility index (Phi) is 6.38. The first-order valence-electron chi connectivity index (χ1n) is 7.82. The lowest BCUT2D eigenvalue weighted by Crippen LogP contribution is -2.33. The van der Waals surface area contributed by atoms with E-state index in [4.69, 9.17) is 15.2 Å². The highest BCUT2D eigenvalue weighted by Gasteiger charge is 2.16. The molecule has 2 aromatic carbocycles. The minimum Gasteiger partial charge on any atom is -0.496 e. The highest BCUT2D eigenvalue weighted by Crippen LogP contribution is 2.39. The molecule has 0 aliphatic heterocycles. The van der Waals surface area contributed by atoms with Gasteiger partial charge in [-0.3, -0.25) is 4.79 Å². The molecule has 0 bridgehead atoms. The lowest BCUT2D eigenvalue weighted by atomic mass is 9.98. The molecule has 0 saturated carbocycles. The van der Waals surface area contributed by atoms with E-state index < -0.39 is 12.0 Å². The summed E-state index contributed by atoms with van der Waals surface area (Å²) < 4.78 is 15.5. The molecule has 6 heteroatoms. The standard InChI is InChI=1S/C19H23NO5/c1-23-16-9-13(11-21)10-17(24-2)18(16)14-6-4-12(5-7-14)8-15(20)19(22)25-3/h4-7,9-10,15,21H,8,11,20H2,1-3H3/t15-/m0/s1. The van der Waals surface area contributed by atoms with Gasteiger partial charge in [-0.2, -0.15) is 0 Å². The second kappa shape index (κ2) is 8.50. The van der Waals surface area contributed by atoms with E-state index in [-0.39, 0.29) is 6.61 Å². The molecule has 25 heavy (non-hydrogen) atoms. The second-order valence-electron chi connectivity index (χ2n) is 5.56. The number of aliphatic hydroxyl groups is 1. The van der Waals surface area contributed by atoms with Crippen LogP contribution in [0.4, 0.5) is 0 Å². The highest BCUT2D eigenvalue weighted by molar-refractivity contribution is 5.78. The van der Waals surface area contributed by atoms with Gasteiger partial charge in [0.15, 0.2) is 0 Å². The minimum atomic E-state index is -0.691. The van der Waals surface area contributed by atoms with Crippen LogP contribution in [-0.2, 0) is 22.6 Å². The van der Waals surface area contributed by atoms with Crippen molar-refractivity contribution in [2.45, 2.75) is 19.1 Å². The Hall–Kier alpha value is -2.57. The van der Waals surface area contributed by atoms with Crippen LogP contribution < -0.4 is 15.2 Å². The number of hydrogen-bond acceptors (Lipinski definition) is 6. The molecule has 0 aliphatic carbocycles. The molecule has 0 fully saturated rings. The molecule has 0 heterocycles.